The summed E-state index contributed by atoms with van der Waals surface area (Å²) < 4.78 is 5.36. The first-order valence-corrected chi connectivity index (χ1v) is 4.96. The first-order valence-electron chi connectivity index (χ1n) is 4.96. The van der Waals surface area contributed by atoms with Crippen LogP contribution in [0.25, 0.3) is 0 Å². The van der Waals surface area contributed by atoms with E-state index in [9.17, 15) is 0 Å². The van der Waals surface area contributed by atoms with Gasteiger partial charge in [-0.2, -0.15) is 5.26 Å². The van der Waals surface area contributed by atoms with E-state index in [1.807, 2.05) is 24.8 Å². The van der Waals surface area contributed by atoms with Crippen molar-refractivity contribution >= 4 is 0 Å². The summed E-state index contributed by atoms with van der Waals surface area (Å²) in [5.74, 6) is 1.34. The van der Waals surface area contributed by atoms with Crippen LogP contribution >= 0.6 is 0 Å². The van der Waals surface area contributed by atoms with E-state index in [4.69, 9.17) is 14.8 Å². The Kier molecular flexibility index (Phi) is 4.35. The molecule has 4 nitrogen and oxygen atoms in total. The summed E-state index contributed by atoms with van der Waals surface area (Å²) in [5.41, 5.74) is 0. The second-order valence-electron chi connectivity index (χ2n) is 3.68. The molecule has 0 aliphatic heterocycles. The third-order valence-electron chi connectivity index (χ3n) is 2.24. The smallest absolute Gasteiger partial charge is 0.129 e. The molecule has 1 aromatic heterocycles. The van der Waals surface area contributed by atoms with Crippen molar-refractivity contribution in [2.45, 2.75) is 33.0 Å². The summed E-state index contributed by atoms with van der Waals surface area (Å²) in [6.07, 6.45) is 0. The number of rotatable bonds is 5. The minimum absolute atomic E-state index is 0.0834. The molecule has 0 aromatic carbocycles. The minimum atomic E-state index is -0.0834. The molecule has 1 rings (SSSR count). The van der Waals surface area contributed by atoms with Crippen molar-refractivity contribution in [2.75, 3.05) is 6.54 Å². The van der Waals surface area contributed by atoms with Gasteiger partial charge in [0.15, 0.2) is 0 Å². The average Bonchev–Trinajstić information content (AvgIpc) is 2.65. The molecule has 0 radical (unpaired) electrons. The van der Waals surface area contributed by atoms with Gasteiger partial charge in [-0.1, -0.05) is 0 Å². The molecule has 0 saturated heterocycles. The molecular formula is C11H16N2O2. The fourth-order valence-electron chi connectivity index (χ4n) is 1.30. The van der Waals surface area contributed by atoms with Crippen LogP contribution in [0.2, 0.25) is 0 Å². The van der Waals surface area contributed by atoms with Crippen LogP contribution in [-0.2, 0) is 13.2 Å². The predicted octanol–water partition coefficient (Wildman–Crippen LogP) is 1.51. The number of hydrogen-bond donors (Lipinski definition) is 1. The Morgan fingerprint density at radius 3 is 2.60 bits per heavy atom. The van der Waals surface area contributed by atoms with E-state index in [1.54, 1.807) is 6.07 Å². The predicted molar refractivity (Wildman–Crippen MR) is 55.8 cm³/mol. The van der Waals surface area contributed by atoms with Crippen LogP contribution in [0.3, 0.4) is 0 Å². The highest BCUT2D eigenvalue weighted by molar-refractivity contribution is 5.06. The Hall–Kier alpha value is -1.31. The van der Waals surface area contributed by atoms with Crippen LogP contribution in [0.15, 0.2) is 16.5 Å². The maximum Gasteiger partial charge on any atom is 0.129 e. The Bertz CT molecular complexity index is 339. The van der Waals surface area contributed by atoms with Crippen LogP contribution in [0.1, 0.15) is 25.4 Å². The van der Waals surface area contributed by atoms with E-state index in [2.05, 4.69) is 6.07 Å². The highest BCUT2D eigenvalue weighted by Gasteiger charge is 2.11. The topological polar surface area (TPSA) is 60.4 Å². The van der Waals surface area contributed by atoms with Gasteiger partial charge in [0.2, 0.25) is 0 Å². The second kappa shape index (κ2) is 5.54. The molecule has 0 amide bonds. The van der Waals surface area contributed by atoms with Crippen LogP contribution in [-0.4, -0.2) is 22.6 Å². The zero-order valence-electron chi connectivity index (χ0n) is 9.10. The molecule has 0 fully saturated rings. The van der Waals surface area contributed by atoms with Gasteiger partial charge in [0.25, 0.3) is 0 Å². The molecule has 0 aliphatic rings. The molecule has 0 spiro atoms. The van der Waals surface area contributed by atoms with Crippen molar-refractivity contribution in [3.63, 3.8) is 0 Å². The average molecular weight is 208 g/mol. The quantitative estimate of drug-likeness (QED) is 0.745. The zero-order chi connectivity index (χ0) is 11.3. The summed E-state index contributed by atoms with van der Waals surface area (Å²) >= 11 is 0. The second-order valence-corrected chi connectivity index (χ2v) is 3.68. The first-order chi connectivity index (χ1) is 7.17. The SMILES string of the molecule is CC(C)N(CC#N)Cc1ccc(CO)o1. The molecular weight excluding hydrogens is 192 g/mol. The number of aliphatic hydroxyl groups excluding tert-OH is 1. The van der Waals surface area contributed by atoms with Crippen molar-refractivity contribution in [1.82, 2.24) is 4.90 Å². The lowest BCUT2D eigenvalue weighted by atomic mass is 10.3. The van der Waals surface area contributed by atoms with Gasteiger partial charge < -0.3 is 9.52 Å². The molecule has 1 N–H and O–H groups in total. The van der Waals surface area contributed by atoms with Crippen molar-refractivity contribution in [3.8, 4) is 6.07 Å². The normalized spacial score (nSPS) is 10.9. The van der Waals surface area contributed by atoms with E-state index in [0.717, 1.165) is 5.76 Å². The van der Waals surface area contributed by atoms with Gasteiger partial charge in [-0.05, 0) is 26.0 Å². The molecule has 0 atom stereocenters. The Morgan fingerprint density at radius 2 is 2.13 bits per heavy atom. The number of furan rings is 1. The molecule has 0 bridgehead atoms. The highest BCUT2D eigenvalue weighted by Crippen LogP contribution is 2.12. The Labute approximate surface area is 89.7 Å². The third-order valence-corrected chi connectivity index (χ3v) is 2.24. The van der Waals surface area contributed by atoms with Crippen LogP contribution in [0, 0.1) is 11.3 Å². The number of aliphatic hydroxyl groups is 1. The summed E-state index contributed by atoms with van der Waals surface area (Å²) in [7, 11) is 0. The molecule has 1 heterocycles. The van der Waals surface area contributed by atoms with Crippen LogP contribution in [0.5, 0.6) is 0 Å². The number of nitriles is 1. The van der Waals surface area contributed by atoms with E-state index in [0.29, 0.717) is 24.9 Å². The van der Waals surface area contributed by atoms with Crippen molar-refractivity contribution in [2.24, 2.45) is 0 Å². The Morgan fingerprint density at radius 1 is 1.47 bits per heavy atom. The molecule has 0 saturated carbocycles. The maximum absolute atomic E-state index is 8.84. The van der Waals surface area contributed by atoms with Gasteiger partial charge in [0.1, 0.15) is 18.1 Å². The molecule has 0 aliphatic carbocycles. The molecule has 82 valence electrons. The monoisotopic (exact) mass is 208 g/mol. The summed E-state index contributed by atoms with van der Waals surface area (Å²) in [5, 5.41) is 17.5. The van der Waals surface area contributed by atoms with Crippen molar-refractivity contribution in [1.29, 1.82) is 5.26 Å². The lowest BCUT2D eigenvalue weighted by molar-refractivity contribution is 0.205. The number of nitrogens with zero attached hydrogens (tertiary/aromatic N) is 2. The summed E-state index contributed by atoms with van der Waals surface area (Å²) in [6.45, 7) is 4.97. The minimum Gasteiger partial charge on any atom is -0.462 e. The Balaban J connectivity index is 2.62. The van der Waals surface area contributed by atoms with Crippen LogP contribution in [0.4, 0.5) is 0 Å². The fraction of sp³-hybridized carbons (Fsp3) is 0.545. The lowest BCUT2D eigenvalue weighted by Crippen LogP contribution is -2.30. The molecule has 0 unspecified atom stereocenters. The van der Waals surface area contributed by atoms with Gasteiger partial charge in [-0.25, -0.2) is 0 Å². The van der Waals surface area contributed by atoms with E-state index < -0.39 is 0 Å². The largest absolute Gasteiger partial charge is 0.462 e. The summed E-state index contributed by atoms with van der Waals surface area (Å²) in [6, 6.07) is 6.01. The van der Waals surface area contributed by atoms with E-state index in [1.165, 1.54) is 0 Å². The summed E-state index contributed by atoms with van der Waals surface area (Å²) in [4.78, 5) is 2.00. The molecule has 1 aromatic rings. The molecule has 15 heavy (non-hydrogen) atoms. The maximum atomic E-state index is 8.84. The fourth-order valence-corrected chi connectivity index (χ4v) is 1.30. The van der Waals surface area contributed by atoms with Gasteiger partial charge in [0, 0.05) is 6.04 Å². The number of hydrogen-bond acceptors (Lipinski definition) is 4. The first kappa shape index (κ1) is 11.8. The molecule has 4 heteroatoms. The van der Waals surface area contributed by atoms with Crippen LogP contribution < -0.4 is 0 Å². The third kappa shape index (κ3) is 3.39. The highest BCUT2D eigenvalue weighted by atomic mass is 16.4. The van der Waals surface area contributed by atoms with Gasteiger partial charge >= 0.3 is 0 Å². The lowest BCUT2D eigenvalue weighted by Gasteiger charge is -2.21. The van der Waals surface area contributed by atoms with Crippen molar-refractivity contribution < 1.29 is 9.52 Å². The van der Waals surface area contributed by atoms with E-state index in [-0.39, 0.29) is 6.61 Å². The standard InChI is InChI=1S/C11H16N2O2/c1-9(2)13(6-5-12)7-10-3-4-11(8-14)15-10/h3-4,9,14H,6-8H2,1-2H3. The van der Waals surface area contributed by atoms with Gasteiger partial charge in [0.05, 0.1) is 19.2 Å². The van der Waals surface area contributed by atoms with E-state index >= 15 is 0 Å². The van der Waals surface area contributed by atoms with Crippen molar-refractivity contribution in [3.05, 3.63) is 23.7 Å². The zero-order valence-corrected chi connectivity index (χ0v) is 9.10. The van der Waals surface area contributed by atoms with Gasteiger partial charge in [-0.3, -0.25) is 4.90 Å². The van der Waals surface area contributed by atoms with Gasteiger partial charge in [-0.15, -0.1) is 0 Å².